The van der Waals surface area contributed by atoms with Crippen LogP contribution < -0.4 is 16.4 Å². The zero-order chi connectivity index (χ0) is 15.4. The average molecular weight is 295 g/mol. The molecule has 0 amide bonds. The first kappa shape index (κ1) is 14.6. The summed E-state index contributed by atoms with van der Waals surface area (Å²) in [6, 6.07) is 15.2. The second kappa shape index (κ2) is 6.62. The number of hydrogen-bond donors (Lipinski definition) is 3. The van der Waals surface area contributed by atoms with Gasteiger partial charge in [-0.1, -0.05) is 30.3 Å². The molecule has 114 valence electrons. The minimum Gasteiger partial charge on any atom is -0.397 e. The second-order valence-corrected chi connectivity index (χ2v) is 5.67. The minimum atomic E-state index is 0.0163. The molecule has 2 aromatic rings. The topological polar surface area (TPSA) is 67.2 Å². The third-order valence-corrected chi connectivity index (χ3v) is 4.05. The van der Waals surface area contributed by atoms with Crippen LogP contribution in [0, 0.1) is 0 Å². The van der Waals surface area contributed by atoms with E-state index in [1.807, 2.05) is 36.4 Å². The smallest absolute Gasteiger partial charge is 0.193 e. The van der Waals surface area contributed by atoms with E-state index < -0.39 is 0 Å². The monoisotopic (exact) mass is 295 g/mol. The Balaban J connectivity index is 1.75. The van der Waals surface area contributed by atoms with E-state index in [4.69, 9.17) is 5.73 Å². The standard InChI is InChI=1S/C18H21N3O/c19-16-9-8-14(18(22)13-5-2-1-3-6-13)11-17(16)21-12-15-7-4-10-20-15/h1-3,5-6,8-9,11,15,20-21H,4,7,10,12,19H2/t15-/m1/s1. The van der Waals surface area contributed by atoms with Crippen molar-refractivity contribution in [2.75, 3.05) is 24.1 Å². The van der Waals surface area contributed by atoms with Crippen LogP contribution in [0.15, 0.2) is 48.5 Å². The van der Waals surface area contributed by atoms with Gasteiger partial charge in [0.1, 0.15) is 0 Å². The van der Waals surface area contributed by atoms with Gasteiger partial charge in [-0.15, -0.1) is 0 Å². The van der Waals surface area contributed by atoms with Gasteiger partial charge in [0, 0.05) is 23.7 Å². The van der Waals surface area contributed by atoms with Crippen LogP contribution in [0.2, 0.25) is 0 Å². The summed E-state index contributed by atoms with van der Waals surface area (Å²) in [5, 5.41) is 6.80. The molecule has 1 heterocycles. The van der Waals surface area contributed by atoms with Crippen molar-refractivity contribution in [1.82, 2.24) is 5.32 Å². The molecule has 2 aromatic carbocycles. The molecule has 1 aliphatic rings. The van der Waals surface area contributed by atoms with Crippen molar-refractivity contribution < 1.29 is 4.79 Å². The van der Waals surface area contributed by atoms with Crippen LogP contribution in [-0.2, 0) is 0 Å². The zero-order valence-electron chi connectivity index (χ0n) is 12.5. The van der Waals surface area contributed by atoms with Gasteiger partial charge in [0.25, 0.3) is 0 Å². The van der Waals surface area contributed by atoms with Crippen molar-refractivity contribution in [3.8, 4) is 0 Å². The predicted octanol–water partition coefficient (Wildman–Crippen LogP) is 2.66. The van der Waals surface area contributed by atoms with Gasteiger partial charge in [-0.2, -0.15) is 0 Å². The maximum Gasteiger partial charge on any atom is 0.193 e. The summed E-state index contributed by atoms with van der Waals surface area (Å²) in [5.41, 5.74) is 8.86. The lowest BCUT2D eigenvalue weighted by Gasteiger charge is -2.15. The van der Waals surface area contributed by atoms with Gasteiger partial charge in [-0.25, -0.2) is 0 Å². The molecule has 4 heteroatoms. The van der Waals surface area contributed by atoms with E-state index in [9.17, 15) is 4.79 Å². The molecule has 0 saturated carbocycles. The highest BCUT2D eigenvalue weighted by Gasteiger charge is 2.15. The van der Waals surface area contributed by atoms with Crippen molar-refractivity contribution in [2.24, 2.45) is 0 Å². The number of benzene rings is 2. The Bertz CT molecular complexity index is 649. The molecule has 1 fully saturated rings. The summed E-state index contributed by atoms with van der Waals surface area (Å²) in [6.45, 7) is 1.90. The van der Waals surface area contributed by atoms with Gasteiger partial charge in [0.15, 0.2) is 5.78 Å². The number of nitrogen functional groups attached to an aromatic ring is 1. The number of rotatable bonds is 5. The van der Waals surface area contributed by atoms with Crippen molar-refractivity contribution in [3.63, 3.8) is 0 Å². The molecule has 0 unspecified atom stereocenters. The molecule has 0 aliphatic carbocycles. The highest BCUT2D eigenvalue weighted by atomic mass is 16.1. The van der Waals surface area contributed by atoms with Gasteiger partial charge in [-0.3, -0.25) is 4.79 Å². The first-order valence-corrected chi connectivity index (χ1v) is 7.70. The largest absolute Gasteiger partial charge is 0.397 e. The third kappa shape index (κ3) is 3.28. The van der Waals surface area contributed by atoms with Gasteiger partial charge in [0.2, 0.25) is 0 Å². The van der Waals surface area contributed by atoms with Crippen LogP contribution in [0.25, 0.3) is 0 Å². The highest BCUT2D eigenvalue weighted by Crippen LogP contribution is 2.22. The average Bonchev–Trinajstić information content (AvgIpc) is 3.08. The van der Waals surface area contributed by atoms with Crippen molar-refractivity contribution in [2.45, 2.75) is 18.9 Å². The lowest BCUT2D eigenvalue weighted by atomic mass is 10.0. The maximum atomic E-state index is 12.5. The molecular weight excluding hydrogens is 274 g/mol. The highest BCUT2D eigenvalue weighted by molar-refractivity contribution is 6.09. The van der Waals surface area contributed by atoms with E-state index in [-0.39, 0.29) is 5.78 Å². The molecule has 4 nitrogen and oxygen atoms in total. The molecule has 3 rings (SSSR count). The normalized spacial score (nSPS) is 17.4. The molecule has 4 N–H and O–H groups in total. The van der Waals surface area contributed by atoms with Gasteiger partial charge >= 0.3 is 0 Å². The van der Waals surface area contributed by atoms with Gasteiger partial charge in [0.05, 0.1) is 11.4 Å². The van der Waals surface area contributed by atoms with Gasteiger partial charge in [-0.05, 0) is 37.6 Å². The summed E-state index contributed by atoms with van der Waals surface area (Å²) in [4.78, 5) is 12.5. The van der Waals surface area contributed by atoms with E-state index in [1.54, 1.807) is 12.1 Å². The van der Waals surface area contributed by atoms with E-state index in [1.165, 1.54) is 12.8 Å². The molecule has 0 aromatic heterocycles. The van der Waals surface area contributed by atoms with Crippen LogP contribution in [0.3, 0.4) is 0 Å². The quantitative estimate of drug-likeness (QED) is 0.586. The molecule has 0 spiro atoms. The number of anilines is 2. The van der Waals surface area contributed by atoms with Crippen LogP contribution in [0.1, 0.15) is 28.8 Å². The summed E-state index contributed by atoms with van der Waals surface area (Å²) in [7, 11) is 0. The third-order valence-electron chi connectivity index (χ3n) is 4.05. The summed E-state index contributed by atoms with van der Waals surface area (Å²) < 4.78 is 0. The zero-order valence-corrected chi connectivity index (χ0v) is 12.5. The fraction of sp³-hybridized carbons (Fsp3) is 0.278. The predicted molar refractivity (Wildman–Crippen MR) is 90.2 cm³/mol. The molecule has 1 aliphatic heterocycles. The second-order valence-electron chi connectivity index (χ2n) is 5.67. The fourth-order valence-corrected chi connectivity index (χ4v) is 2.77. The molecule has 1 atom stereocenters. The van der Waals surface area contributed by atoms with Crippen LogP contribution >= 0.6 is 0 Å². The first-order chi connectivity index (χ1) is 10.7. The van der Waals surface area contributed by atoms with Crippen molar-refractivity contribution in [3.05, 3.63) is 59.7 Å². The summed E-state index contributed by atoms with van der Waals surface area (Å²) in [6.07, 6.45) is 2.39. The minimum absolute atomic E-state index is 0.0163. The van der Waals surface area contributed by atoms with Crippen LogP contribution in [0.5, 0.6) is 0 Å². The Kier molecular flexibility index (Phi) is 4.39. The Morgan fingerprint density at radius 1 is 1.18 bits per heavy atom. The Labute approximate surface area is 130 Å². The molecule has 22 heavy (non-hydrogen) atoms. The molecular formula is C18H21N3O. The Morgan fingerprint density at radius 2 is 2.00 bits per heavy atom. The number of nitrogens with two attached hydrogens (primary N) is 1. The summed E-state index contributed by atoms with van der Waals surface area (Å²) in [5.74, 6) is 0.0163. The maximum absolute atomic E-state index is 12.5. The number of nitrogens with one attached hydrogen (secondary N) is 2. The lowest BCUT2D eigenvalue weighted by molar-refractivity contribution is 0.103. The lowest BCUT2D eigenvalue weighted by Crippen LogP contribution is -2.29. The number of hydrogen-bond acceptors (Lipinski definition) is 4. The van der Waals surface area contributed by atoms with Crippen LogP contribution in [0.4, 0.5) is 11.4 Å². The van der Waals surface area contributed by atoms with E-state index in [2.05, 4.69) is 10.6 Å². The number of carbonyl (C=O) groups is 1. The van der Waals surface area contributed by atoms with Gasteiger partial charge < -0.3 is 16.4 Å². The molecule has 1 saturated heterocycles. The number of ketones is 1. The number of carbonyl (C=O) groups excluding carboxylic acids is 1. The van der Waals surface area contributed by atoms with E-state index >= 15 is 0 Å². The first-order valence-electron chi connectivity index (χ1n) is 7.70. The molecule has 0 bridgehead atoms. The SMILES string of the molecule is Nc1ccc(C(=O)c2ccccc2)cc1NC[C@H]1CCCN1. The Morgan fingerprint density at radius 3 is 2.73 bits per heavy atom. The fourth-order valence-electron chi connectivity index (χ4n) is 2.77. The van der Waals surface area contributed by atoms with E-state index in [0.717, 1.165) is 18.8 Å². The van der Waals surface area contributed by atoms with E-state index in [0.29, 0.717) is 22.9 Å². The van der Waals surface area contributed by atoms with Crippen molar-refractivity contribution in [1.29, 1.82) is 0 Å². The Hall–Kier alpha value is -2.33. The molecule has 0 radical (unpaired) electrons. The van der Waals surface area contributed by atoms with Crippen LogP contribution in [-0.4, -0.2) is 24.9 Å². The van der Waals surface area contributed by atoms with Crippen molar-refractivity contribution >= 4 is 17.2 Å². The summed E-state index contributed by atoms with van der Waals surface area (Å²) >= 11 is 0.